The highest BCUT2D eigenvalue weighted by molar-refractivity contribution is 5.59. The molecule has 0 amide bonds. The van der Waals surface area contributed by atoms with Crippen molar-refractivity contribution < 1.29 is 9.13 Å². The van der Waals surface area contributed by atoms with E-state index in [0.29, 0.717) is 29.8 Å². The molecule has 1 fully saturated rings. The summed E-state index contributed by atoms with van der Waals surface area (Å²) in [5.74, 6) is 2.64. The van der Waals surface area contributed by atoms with E-state index in [1.54, 1.807) is 0 Å². The monoisotopic (exact) mass is 455 g/mol. The van der Waals surface area contributed by atoms with Crippen molar-refractivity contribution in [3.63, 3.8) is 0 Å². The van der Waals surface area contributed by atoms with Gasteiger partial charge in [-0.15, -0.1) is 0 Å². The van der Waals surface area contributed by atoms with Gasteiger partial charge in [0.15, 0.2) is 5.82 Å². The third kappa shape index (κ3) is 6.18. The molecule has 0 spiro atoms. The maximum absolute atomic E-state index is 15.1. The summed E-state index contributed by atoms with van der Waals surface area (Å²) in [5.41, 5.74) is 3.56. The molecule has 3 rings (SSSR count). The van der Waals surface area contributed by atoms with Crippen molar-refractivity contribution in [2.45, 2.75) is 104 Å². The molecule has 2 N–H and O–H groups in total. The van der Waals surface area contributed by atoms with Crippen LogP contribution in [0.5, 0.6) is 0 Å². The molecule has 0 bridgehead atoms. The Bertz CT molecular complexity index is 920. The molecule has 1 saturated carbocycles. The van der Waals surface area contributed by atoms with Gasteiger partial charge < -0.3 is 10.1 Å². The molecule has 5 heteroatoms. The lowest BCUT2D eigenvalue weighted by atomic mass is 9.94. The SMILES string of the molecule is C/C=C(/CC)OC(CCC)C1CCC(c2cc(Nc3ccc(CCC)c(CC)c3F)n[nH]2)C1. The number of anilines is 2. The van der Waals surface area contributed by atoms with Crippen LogP contribution in [-0.4, -0.2) is 16.3 Å². The number of nitrogens with one attached hydrogen (secondary N) is 2. The van der Waals surface area contributed by atoms with Gasteiger partial charge >= 0.3 is 0 Å². The second kappa shape index (κ2) is 12.2. The van der Waals surface area contributed by atoms with Crippen molar-refractivity contribution in [3.8, 4) is 0 Å². The van der Waals surface area contributed by atoms with Crippen LogP contribution in [0, 0.1) is 11.7 Å². The Labute approximate surface area is 199 Å². The van der Waals surface area contributed by atoms with Gasteiger partial charge in [-0.2, -0.15) is 5.10 Å². The minimum absolute atomic E-state index is 0.149. The lowest BCUT2D eigenvalue weighted by Gasteiger charge is -2.26. The first-order valence-electron chi connectivity index (χ1n) is 13.0. The van der Waals surface area contributed by atoms with Crippen LogP contribution in [0.4, 0.5) is 15.9 Å². The number of aromatic nitrogens is 2. The van der Waals surface area contributed by atoms with Crippen molar-refractivity contribution in [1.82, 2.24) is 10.2 Å². The average Bonchev–Trinajstić information content (AvgIpc) is 3.49. The third-order valence-corrected chi connectivity index (χ3v) is 7.06. The van der Waals surface area contributed by atoms with Crippen molar-refractivity contribution in [3.05, 3.63) is 52.7 Å². The molecule has 182 valence electrons. The fourth-order valence-corrected chi connectivity index (χ4v) is 5.25. The number of ether oxygens (including phenoxy) is 1. The van der Waals surface area contributed by atoms with E-state index in [2.05, 4.69) is 55.4 Å². The van der Waals surface area contributed by atoms with E-state index in [1.165, 1.54) is 6.42 Å². The number of aromatic amines is 1. The molecule has 0 saturated heterocycles. The van der Waals surface area contributed by atoms with E-state index < -0.39 is 0 Å². The van der Waals surface area contributed by atoms with Crippen LogP contribution in [0.1, 0.15) is 102 Å². The molecule has 2 aromatic rings. The highest BCUT2D eigenvalue weighted by Crippen LogP contribution is 2.42. The predicted octanol–water partition coefficient (Wildman–Crippen LogP) is 8.19. The molecule has 1 aromatic heterocycles. The average molecular weight is 456 g/mol. The van der Waals surface area contributed by atoms with Crippen LogP contribution < -0.4 is 5.32 Å². The molecule has 1 heterocycles. The Morgan fingerprint density at radius 1 is 1.24 bits per heavy atom. The second-order valence-electron chi connectivity index (χ2n) is 9.33. The number of rotatable bonds is 12. The number of H-pyrrole nitrogens is 1. The van der Waals surface area contributed by atoms with Gasteiger partial charge in [0.05, 0.1) is 11.4 Å². The van der Waals surface area contributed by atoms with Crippen molar-refractivity contribution >= 4 is 11.5 Å². The molecule has 1 aromatic carbocycles. The summed E-state index contributed by atoms with van der Waals surface area (Å²) >= 11 is 0. The van der Waals surface area contributed by atoms with E-state index in [4.69, 9.17) is 4.74 Å². The summed E-state index contributed by atoms with van der Waals surface area (Å²) in [6.45, 7) is 10.6. The number of hydrogen-bond acceptors (Lipinski definition) is 3. The summed E-state index contributed by atoms with van der Waals surface area (Å²) < 4.78 is 21.5. The normalized spacial score (nSPS) is 19.6. The Hall–Kier alpha value is -2.30. The smallest absolute Gasteiger partial charge is 0.152 e. The minimum Gasteiger partial charge on any atom is -0.495 e. The quantitative estimate of drug-likeness (QED) is 0.317. The summed E-state index contributed by atoms with van der Waals surface area (Å²) in [5, 5.41) is 10.9. The van der Waals surface area contributed by atoms with Crippen molar-refractivity contribution in [1.29, 1.82) is 0 Å². The topological polar surface area (TPSA) is 49.9 Å². The third-order valence-electron chi connectivity index (χ3n) is 7.06. The van der Waals surface area contributed by atoms with E-state index in [-0.39, 0.29) is 11.9 Å². The molecular formula is C28H42FN3O. The standard InChI is InChI=1S/C28H42FN3O/c1-6-11-19-15-16-24(28(29)23(19)10-5)30-27-18-25(31-32-27)20-13-14-21(17-20)26(12-7-2)33-22(8-3)9-4/h8,15-16,18,20-21,26H,6-7,9-14,17H2,1-5H3,(H2,30,31,32)/b22-8-. The number of halogens is 1. The summed E-state index contributed by atoms with van der Waals surface area (Å²) in [6.07, 6.45) is 11.6. The Morgan fingerprint density at radius 3 is 2.73 bits per heavy atom. The van der Waals surface area contributed by atoms with E-state index >= 15 is 4.39 Å². The molecule has 3 unspecified atom stereocenters. The van der Waals surface area contributed by atoms with Crippen LogP contribution in [0.25, 0.3) is 0 Å². The number of aryl methyl sites for hydroxylation is 1. The zero-order chi connectivity index (χ0) is 23.8. The predicted molar refractivity (Wildman–Crippen MR) is 136 cm³/mol. The Morgan fingerprint density at radius 2 is 2.06 bits per heavy atom. The molecule has 1 aliphatic rings. The molecule has 1 aliphatic carbocycles. The van der Waals surface area contributed by atoms with E-state index in [9.17, 15) is 0 Å². The number of hydrogen-bond donors (Lipinski definition) is 2. The lowest BCUT2D eigenvalue weighted by molar-refractivity contribution is 0.0535. The van der Waals surface area contributed by atoms with Crippen LogP contribution >= 0.6 is 0 Å². The Kier molecular flexibility index (Phi) is 9.40. The van der Waals surface area contributed by atoms with Gasteiger partial charge in [-0.25, -0.2) is 4.39 Å². The van der Waals surface area contributed by atoms with Gasteiger partial charge in [0, 0.05) is 24.1 Å². The summed E-state index contributed by atoms with van der Waals surface area (Å²) in [4.78, 5) is 0. The first kappa shape index (κ1) is 25.3. The first-order chi connectivity index (χ1) is 16.0. The zero-order valence-corrected chi connectivity index (χ0v) is 21.1. The number of allylic oxidation sites excluding steroid dienone is 2. The fraction of sp³-hybridized carbons (Fsp3) is 0.607. The van der Waals surface area contributed by atoms with Crippen molar-refractivity contribution in [2.75, 3.05) is 5.32 Å². The number of nitrogens with zero attached hydrogens (tertiary/aromatic N) is 1. The Balaban J connectivity index is 1.67. The maximum Gasteiger partial charge on any atom is 0.152 e. The second-order valence-corrected chi connectivity index (χ2v) is 9.33. The molecule has 0 radical (unpaired) electrons. The van der Waals surface area contributed by atoms with E-state index in [0.717, 1.165) is 67.5 Å². The highest BCUT2D eigenvalue weighted by atomic mass is 19.1. The molecular weight excluding hydrogens is 413 g/mol. The van der Waals surface area contributed by atoms with Gasteiger partial charge in [0.2, 0.25) is 0 Å². The first-order valence-corrected chi connectivity index (χ1v) is 13.0. The van der Waals surface area contributed by atoms with Gasteiger partial charge in [-0.05, 0) is 74.6 Å². The highest BCUT2D eigenvalue weighted by Gasteiger charge is 2.33. The lowest BCUT2D eigenvalue weighted by Crippen LogP contribution is -2.22. The van der Waals surface area contributed by atoms with Gasteiger partial charge in [-0.1, -0.05) is 46.6 Å². The van der Waals surface area contributed by atoms with Crippen LogP contribution in [0.2, 0.25) is 0 Å². The maximum atomic E-state index is 15.1. The van der Waals surface area contributed by atoms with Crippen LogP contribution in [-0.2, 0) is 17.6 Å². The molecule has 4 nitrogen and oxygen atoms in total. The number of benzene rings is 1. The fourth-order valence-electron chi connectivity index (χ4n) is 5.25. The van der Waals surface area contributed by atoms with Crippen LogP contribution in [0.15, 0.2) is 30.0 Å². The molecule has 3 atom stereocenters. The summed E-state index contributed by atoms with van der Waals surface area (Å²) in [7, 11) is 0. The zero-order valence-electron chi connectivity index (χ0n) is 21.1. The van der Waals surface area contributed by atoms with Gasteiger partial charge in [0.1, 0.15) is 11.9 Å². The molecule has 0 aliphatic heterocycles. The van der Waals surface area contributed by atoms with E-state index in [1.807, 2.05) is 19.1 Å². The van der Waals surface area contributed by atoms with Gasteiger partial charge in [-0.3, -0.25) is 5.10 Å². The largest absolute Gasteiger partial charge is 0.495 e. The van der Waals surface area contributed by atoms with Gasteiger partial charge in [0.25, 0.3) is 0 Å². The summed E-state index contributed by atoms with van der Waals surface area (Å²) in [6, 6.07) is 5.95. The van der Waals surface area contributed by atoms with Crippen molar-refractivity contribution in [2.24, 2.45) is 5.92 Å². The van der Waals surface area contributed by atoms with Crippen LogP contribution in [0.3, 0.4) is 0 Å². The molecule has 33 heavy (non-hydrogen) atoms. The minimum atomic E-state index is -0.149.